The van der Waals surface area contributed by atoms with Gasteiger partial charge < -0.3 is 9.88 Å². The predicted octanol–water partition coefficient (Wildman–Crippen LogP) is 2.39. The Morgan fingerprint density at radius 2 is 2.37 bits per heavy atom. The zero-order valence-corrected chi connectivity index (χ0v) is 11.8. The largest absolute Gasteiger partial charge is 0.329 e. The average Bonchev–Trinajstić information content (AvgIpc) is 2.79. The fraction of sp³-hybridized carbons (Fsp3) is 0.600. The van der Waals surface area contributed by atoms with Crippen molar-refractivity contribution in [2.75, 3.05) is 13.1 Å². The van der Waals surface area contributed by atoms with Crippen LogP contribution in [0.25, 0.3) is 11.2 Å². The van der Waals surface area contributed by atoms with Gasteiger partial charge in [-0.2, -0.15) is 0 Å². The third-order valence-electron chi connectivity index (χ3n) is 4.33. The second kappa shape index (κ2) is 4.93. The summed E-state index contributed by atoms with van der Waals surface area (Å²) in [4.78, 5) is 9.23. The molecule has 1 N–H and O–H groups in total. The molecule has 3 heterocycles. The van der Waals surface area contributed by atoms with Crippen LogP contribution in [0.2, 0.25) is 0 Å². The van der Waals surface area contributed by atoms with Crippen LogP contribution in [0.4, 0.5) is 0 Å². The van der Waals surface area contributed by atoms with E-state index in [1.54, 1.807) is 0 Å². The fourth-order valence-corrected chi connectivity index (χ4v) is 3.46. The van der Waals surface area contributed by atoms with Crippen molar-refractivity contribution in [3.63, 3.8) is 0 Å². The van der Waals surface area contributed by atoms with Crippen LogP contribution >= 0.6 is 0 Å². The summed E-state index contributed by atoms with van der Waals surface area (Å²) in [5.74, 6) is 1.20. The van der Waals surface area contributed by atoms with Crippen LogP contribution in [0.3, 0.4) is 0 Å². The van der Waals surface area contributed by atoms with Crippen molar-refractivity contribution in [1.82, 2.24) is 19.9 Å². The Hall–Kier alpha value is -1.42. The van der Waals surface area contributed by atoms with E-state index in [9.17, 15) is 0 Å². The van der Waals surface area contributed by atoms with Crippen molar-refractivity contribution >= 4 is 11.2 Å². The average molecular weight is 258 g/mol. The maximum atomic E-state index is 4.84. The molecule has 1 fully saturated rings. The first-order valence-electron chi connectivity index (χ1n) is 7.25. The quantitative estimate of drug-likeness (QED) is 0.919. The smallest absolute Gasteiger partial charge is 0.177 e. The predicted molar refractivity (Wildman–Crippen MR) is 77.2 cm³/mol. The van der Waals surface area contributed by atoms with Gasteiger partial charge >= 0.3 is 0 Å². The number of nitrogens with one attached hydrogen (secondary N) is 1. The number of aryl methyl sites for hydroxylation is 1. The topological polar surface area (TPSA) is 42.7 Å². The summed E-state index contributed by atoms with van der Waals surface area (Å²) in [5.41, 5.74) is 2.20. The molecular weight excluding hydrogens is 236 g/mol. The molecule has 1 aliphatic rings. The van der Waals surface area contributed by atoms with Gasteiger partial charge in [-0.15, -0.1) is 0 Å². The molecule has 0 amide bonds. The van der Waals surface area contributed by atoms with Crippen molar-refractivity contribution in [3.8, 4) is 0 Å². The van der Waals surface area contributed by atoms with Gasteiger partial charge in [-0.25, -0.2) is 9.97 Å². The lowest BCUT2D eigenvalue weighted by Gasteiger charge is -2.37. The summed E-state index contributed by atoms with van der Waals surface area (Å²) >= 11 is 0. The van der Waals surface area contributed by atoms with Crippen molar-refractivity contribution in [3.05, 3.63) is 24.2 Å². The van der Waals surface area contributed by atoms with Gasteiger partial charge in [-0.3, -0.25) is 0 Å². The van der Waals surface area contributed by atoms with Crippen LogP contribution in [0.5, 0.6) is 0 Å². The number of pyridine rings is 1. The molecule has 1 atom stereocenters. The van der Waals surface area contributed by atoms with Crippen molar-refractivity contribution in [1.29, 1.82) is 0 Å². The first kappa shape index (κ1) is 12.6. The molecule has 1 aliphatic heterocycles. The molecule has 0 radical (unpaired) electrons. The van der Waals surface area contributed by atoms with E-state index in [-0.39, 0.29) is 5.41 Å². The lowest BCUT2D eigenvalue weighted by molar-refractivity contribution is 0.271. The molecule has 0 saturated carbocycles. The van der Waals surface area contributed by atoms with Crippen LogP contribution in [0.15, 0.2) is 18.3 Å². The first-order valence-corrected chi connectivity index (χ1v) is 7.25. The highest BCUT2D eigenvalue weighted by Crippen LogP contribution is 2.36. The number of nitrogens with zero attached hydrogens (tertiary/aromatic N) is 3. The van der Waals surface area contributed by atoms with E-state index < -0.39 is 0 Å². The highest BCUT2D eigenvalue weighted by atomic mass is 15.1. The summed E-state index contributed by atoms with van der Waals surface area (Å²) in [5, 5.41) is 3.56. The zero-order valence-electron chi connectivity index (χ0n) is 11.8. The summed E-state index contributed by atoms with van der Waals surface area (Å²) in [6.07, 6.45) is 6.67. The molecule has 2 aromatic heterocycles. The first-order chi connectivity index (χ1) is 9.27. The molecular formula is C15H22N4. The third-order valence-corrected chi connectivity index (χ3v) is 4.33. The molecule has 19 heavy (non-hydrogen) atoms. The standard InChI is InChI=1S/C15H22N4/c1-3-7-15(8-5-9-16-11-15)14-18-13-12(19(14)2)6-4-10-17-13/h4,6,10,16H,3,5,7-9,11H2,1-2H3. The van der Waals surface area contributed by atoms with Crippen LogP contribution in [0.1, 0.15) is 38.4 Å². The Labute approximate surface area is 114 Å². The second-order valence-electron chi connectivity index (χ2n) is 5.65. The van der Waals surface area contributed by atoms with Gasteiger partial charge in [0.05, 0.1) is 5.52 Å². The van der Waals surface area contributed by atoms with Gasteiger partial charge in [-0.1, -0.05) is 13.3 Å². The number of imidazole rings is 1. The monoisotopic (exact) mass is 258 g/mol. The van der Waals surface area contributed by atoms with Gasteiger partial charge in [0.2, 0.25) is 0 Å². The van der Waals surface area contributed by atoms with Crippen molar-refractivity contribution in [2.45, 2.75) is 38.0 Å². The highest BCUT2D eigenvalue weighted by Gasteiger charge is 2.37. The Morgan fingerprint density at radius 1 is 1.47 bits per heavy atom. The van der Waals surface area contributed by atoms with Gasteiger partial charge in [0, 0.05) is 25.2 Å². The van der Waals surface area contributed by atoms with Crippen molar-refractivity contribution in [2.24, 2.45) is 7.05 Å². The highest BCUT2D eigenvalue weighted by molar-refractivity contribution is 5.71. The molecule has 3 rings (SSSR count). The molecule has 0 spiro atoms. The Bertz CT molecular complexity index is 561. The maximum Gasteiger partial charge on any atom is 0.177 e. The SMILES string of the molecule is CCCC1(c2nc3ncccc3n2C)CCCNC1. The van der Waals surface area contributed by atoms with E-state index >= 15 is 0 Å². The molecule has 1 saturated heterocycles. The van der Waals surface area contributed by atoms with E-state index in [0.717, 1.165) is 24.3 Å². The number of fused-ring (bicyclic) bond motifs is 1. The molecule has 2 aromatic rings. The van der Waals surface area contributed by atoms with Crippen molar-refractivity contribution < 1.29 is 0 Å². The minimum Gasteiger partial charge on any atom is -0.329 e. The lowest BCUT2D eigenvalue weighted by Crippen LogP contribution is -2.44. The summed E-state index contributed by atoms with van der Waals surface area (Å²) in [6, 6.07) is 4.09. The van der Waals surface area contributed by atoms with Gasteiger partial charge in [0.1, 0.15) is 5.82 Å². The number of hydrogen-bond donors (Lipinski definition) is 1. The van der Waals surface area contributed by atoms with E-state index in [2.05, 4.69) is 34.9 Å². The molecule has 0 aliphatic carbocycles. The van der Waals surface area contributed by atoms with Crippen LogP contribution < -0.4 is 5.32 Å². The van der Waals surface area contributed by atoms with Gasteiger partial charge in [0.15, 0.2) is 5.65 Å². The Balaban J connectivity index is 2.11. The second-order valence-corrected chi connectivity index (χ2v) is 5.65. The summed E-state index contributed by atoms with van der Waals surface area (Å²) < 4.78 is 2.24. The Morgan fingerprint density at radius 3 is 3.05 bits per heavy atom. The number of piperidine rings is 1. The molecule has 0 aromatic carbocycles. The van der Waals surface area contributed by atoms with E-state index in [1.807, 2.05) is 12.3 Å². The lowest BCUT2D eigenvalue weighted by atomic mass is 9.76. The number of rotatable bonds is 3. The van der Waals surface area contributed by atoms with Crippen LogP contribution in [-0.2, 0) is 12.5 Å². The maximum absolute atomic E-state index is 4.84. The van der Waals surface area contributed by atoms with Gasteiger partial charge in [0.25, 0.3) is 0 Å². The number of aromatic nitrogens is 3. The molecule has 4 nitrogen and oxygen atoms in total. The van der Waals surface area contributed by atoms with E-state index in [4.69, 9.17) is 4.98 Å². The van der Waals surface area contributed by atoms with E-state index in [1.165, 1.54) is 31.5 Å². The number of hydrogen-bond acceptors (Lipinski definition) is 3. The summed E-state index contributed by atoms with van der Waals surface area (Å²) in [6.45, 7) is 4.43. The van der Waals surface area contributed by atoms with Crippen LogP contribution in [0, 0.1) is 0 Å². The third kappa shape index (κ3) is 2.04. The molecule has 102 valence electrons. The molecule has 0 bridgehead atoms. The molecule has 4 heteroatoms. The minimum absolute atomic E-state index is 0.183. The van der Waals surface area contributed by atoms with Gasteiger partial charge in [-0.05, 0) is 37.9 Å². The Kier molecular flexibility index (Phi) is 3.27. The molecule has 1 unspecified atom stereocenters. The normalized spacial score (nSPS) is 23.9. The fourth-order valence-electron chi connectivity index (χ4n) is 3.46. The van der Waals surface area contributed by atoms with E-state index in [0.29, 0.717) is 0 Å². The van der Waals surface area contributed by atoms with Crippen LogP contribution in [-0.4, -0.2) is 27.6 Å². The summed E-state index contributed by atoms with van der Waals surface area (Å²) in [7, 11) is 2.12. The zero-order chi connectivity index (χ0) is 13.3. The minimum atomic E-state index is 0.183.